The van der Waals surface area contributed by atoms with E-state index < -0.39 is 45.6 Å². The number of sulfone groups is 1. The number of nitrogens with one attached hydrogen (secondary N) is 1. The number of hydrogen-bond donors (Lipinski definition) is 2. The first-order valence-electron chi connectivity index (χ1n) is 14.4. The van der Waals surface area contributed by atoms with Crippen LogP contribution in [-0.4, -0.2) is 67.7 Å². The molecule has 2 N–H and O–H groups in total. The number of carbonyl (C=O) groups is 3. The van der Waals surface area contributed by atoms with Crippen LogP contribution in [0.4, 0.5) is 4.79 Å². The standard InChI is InChI=1S/C33H39ClN2O8S/c1-6-43-30(38)20-35-31(39)24-12-16-28(17-13-24)45(41,42)27-14-10-23(11-15-27)18-22(2)36(32(40)44-33(3,4)5)21-29(37)25-8-7-9-26(34)19-25/h7-17,19,22,29,37H,6,18,20-21H2,1-5H3,(H,35,39)/t22-,29+/m1/s1. The summed E-state index contributed by atoms with van der Waals surface area (Å²) < 4.78 is 36.9. The Balaban J connectivity index is 1.73. The van der Waals surface area contributed by atoms with E-state index in [1.54, 1.807) is 64.1 Å². The van der Waals surface area contributed by atoms with Crippen LogP contribution in [0.15, 0.2) is 82.6 Å². The molecule has 0 fully saturated rings. The number of aliphatic hydroxyl groups is 1. The summed E-state index contributed by atoms with van der Waals surface area (Å²) in [4.78, 5) is 38.4. The molecule has 2 amide bonds. The van der Waals surface area contributed by atoms with Crippen molar-refractivity contribution in [3.63, 3.8) is 0 Å². The molecular weight excluding hydrogens is 620 g/mol. The van der Waals surface area contributed by atoms with Crippen LogP contribution in [0.25, 0.3) is 0 Å². The lowest BCUT2D eigenvalue weighted by Gasteiger charge is -2.33. The van der Waals surface area contributed by atoms with Crippen molar-refractivity contribution in [3.05, 3.63) is 94.5 Å². The van der Waals surface area contributed by atoms with Gasteiger partial charge in [0.25, 0.3) is 5.91 Å². The average Bonchev–Trinajstić information content (AvgIpc) is 2.98. The minimum Gasteiger partial charge on any atom is -0.465 e. The lowest BCUT2D eigenvalue weighted by molar-refractivity contribution is -0.141. The third-order valence-electron chi connectivity index (χ3n) is 6.65. The number of ether oxygens (including phenoxy) is 2. The second kappa shape index (κ2) is 15.4. The van der Waals surface area contributed by atoms with Crippen molar-refractivity contribution in [2.24, 2.45) is 0 Å². The number of rotatable bonds is 12. The molecule has 0 aliphatic carbocycles. The predicted molar refractivity (Wildman–Crippen MR) is 170 cm³/mol. The summed E-state index contributed by atoms with van der Waals surface area (Å²) in [7, 11) is -3.89. The van der Waals surface area contributed by atoms with Crippen molar-refractivity contribution < 1.29 is 37.4 Å². The zero-order valence-corrected chi connectivity index (χ0v) is 27.5. The van der Waals surface area contributed by atoms with Gasteiger partial charge in [-0.3, -0.25) is 9.59 Å². The van der Waals surface area contributed by atoms with Gasteiger partial charge in [0.2, 0.25) is 9.84 Å². The number of benzene rings is 3. The molecule has 12 heteroatoms. The molecule has 45 heavy (non-hydrogen) atoms. The highest BCUT2D eigenvalue weighted by Gasteiger charge is 2.29. The maximum atomic E-state index is 13.3. The number of carbonyl (C=O) groups excluding carboxylic acids is 3. The van der Waals surface area contributed by atoms with Crippen LogP contribution >= 0.6 is 11.6 Å². The van der Waals surface area contributed by atoms with E-state index in [4.69, 9.17) is 21.1 Å². The van der Waals surface area contributed by atoms with E-state index in [1.807, 2.05) is 6.92 Å². The van der Waals surface area contributed by atoms with Crippen LogP contribution in [0.5, 0.6) is 0 Å². The molecule has 0 bridgehead atoms. The molecule has 0 saturated carbocycles. The summed E-state index contributed by atoms with van der Waals surface area (Å²) in [6.45, 7) is 8.61. The lowest BCUT2D eigenvalue weighted by atomic mass is 10.0. The van der Waals surface area contributed by atoms with Crippen molar-refractivity contribution in [1.29, 1.82) is 0 Å². The topological polar surface area (TPSA) is 139 Å². The summed E-state index contributed by atoms with van der Waals surface area (Å²) in [6.07, 6.45) is -1.24. The zero-order chi connectivity index (χ0) is 33.4. The Morgan fingerprint density at radius 1 is 0.978 bits per heavy atom. The highest BCUT2D eigenvalue weighted by atomic mass is 35.5. The fourth-order valence-electron chi connectivity index (χ4n) is 4.40. The molecule has 0 radical (unpaired) electrons. The Labute approximate surface area is 269 Å². The van der Waals surface area contributed by atoms with Gasteiger partial charge >= 0.3 is 12.1 Å². The number of aliphatic hydroxyl groups excluding tert-OH is 1. The molecule has 10 nitrogen and oxygen atoms in total. The smallest absolute Gasteiger partial charge is 0.410 e. The van der Waals surface area contributed by atoms with E-state index in [2.05, 4.69) is 5.32 Å². The maximum absolute atomic E-state index is 13.3. The summed E-state index contributed by atoms with van der Waals surface area (Å²) in [5, 5.41) is 13.8. The fraction of sp³-hybridized carbons (Fsp3) is 0.364. The second-order valence-corrected chi connectivity index (χ2v) is 13.8. The zero-order valence-electron chi connectivity index (χ0n) is 25.9. The molecule has 0 heterocycles. The van der Waals surface area contributed by atoms with Crippen LogP contribution < -0.4 is 5.32 Å². The number of amides is 2. The molecule has 0 aromatic heterocycles. The van der Waals surface area contributed by atoms with Crippen molar-refractivity contribution >= 4 is 39.4 Å². The van der Waals surface area contributed by atoms with Gasteiger partial charge in [-0.1, -0.05) is 35.9 Å². The van der Waals surface area contributed by atoms with Gasteiger partial charge in [0.1, 0.15) is 12.1 Å². The first kappa shape index (κ1) is 35.5. The molecule has 0 saturated heterocycles. The monoisotopic (exact) mass is 658 g/mol. The van der Waals surface area contributed by atoms with Crippen molar-refractivity contribution in [3.8, 4) is 0 Å². The van der Waals surface area contributed by atoms with E-state index in [1.165, 1.54) is 41.3 Å². The van der Waals surface area contributed by atoms with Crippen molar-refractivity contribution in [2.75, 3.05) is 19.7 Å². The fourth-order valence-corrected chi connectivity index (χ4v) is 5.86. The third-order valence-corrected chi connectivity index (χ3v) is 8.67. The Kier molecular flexibility index (Phi) is 12.1. The molecule has 3 aromatic carbocycles. The minimum atomic E-state index is -3.89. The molecule has 0 aliphatic rings. The Morgan fingerprint density at radius 2 is 1.58 bits per heavy atom. The summed E-state index contributed by atoms with van der Waals surface area (Å²) in [6, 6.07) is 18.0. The summed E-state index contributed by atoms with van der Waals surface area (Å²) >= 11 is 6.09. The summed E-state index contributed by atoms with van der Waals surface area (Å²) in [5.41, 5.74) is 0.762. The molecule has 0 spiro atoms. The van der Waals surface area contributed by atoms with Crippen LogP contribution in [0.1, 0.15) is 62.2 Å². The largest absolute Gasteiger partial charge is 0.465 e. The molecular formula is C33H39ClN2O8S. The lowest BCUT2D eigenvalue weighted by Crippen LogP contribution is -2.45. The highest BCUT2D eigenvalue weighted by molar-refractivity contribution is 7.91. The Morgan fingerprint density at radius 3 is 2.13 bits per heavy atom. The van der Waals surface area contributed by atoms with Gasteiger partial charge in [-0.2, -0.15) is 0 Å². The number of nitrogens with zero attached hydrogens (tertiary/aromatic N) is 1. The van der Waals surface area contributed by atoms with Crippen molar-refractivity contribution in [1.82, 2.24) is 10.2 Å². The SMILES string of the molecule is CCOC(=O)CNC(=O)c1ccc(S(=O)(=O)c2ccc(C[C@@H](C)N(C[C@H](O)c3cccc(Cl)c3)C(=O)OC(C)(C)C)cc2)cc1. The average molecular weight is 659 g/mol. The number of halogens is 1. The molecule has 242 valence electrons. The van der Waals surface area contributed by atoms with E-state index in [0.717, 1.165) is 5.56 Å². The summed E-state index contributed by atoms with van der Waals surface area (Å²) in [5.74, 6) is -1.11. The molecule has 3 rings (SSSR count). The van der Waals surface area contributed by atoms with E-state index in [-0.39, 0.29) is 35.1 Å². The first-order valence-corrected chi connectivity index (χ1v) is 16.3. The maximum Gasteiger partial charge on any atom is 0.410 e. The highest BCUT2D eigenvalue weighted by Crippen LogP contribution is 2.25. The predicted octanol–water partition coefficient (Wildman–Crippen LogP) is 5.37. The normalized spacial score (nSPS) is 13.0. The van der Waals surface area contributed by atoms with Crippen LogP contribution in [0, 0.1) is 0 Å². The van der Waals surface area contributed by atoms with E-state index >= 15 is 0 Å². The van der Waals surface area contributed by atoms with Gasteiger partial charge in [0, 0.05) is 16.6 Å². The number of hydrogen-bond acceptors (Lipinski definition) is 8. The van der Waals surface area contributed by atoms with Crippen LogP contribution in [0.3, 0.4) is 0 Å². The molecule has 2 atom stereocenters. The van der Waals surface area contributed by atoms with Gasteiger partial charge in [0.05, 0.1) is 29.0 Å². The van der Waals surface area contributed by atoms with Gasteiger partial charge in [0.15, 0.2) is 0 Å². The van der Waals surface area contributed by atoms with Gasteiger partial charge in [-0.05, 0) is 101 Å². The number of esters is 1. The van der Waals surface area contributed by atoms with E-state index in [9.17, 15) is 27.9 Å². The van der Waals surface area contributed by atoms with Gasteiger partial charge < -0.3 is 24.8 Å². The van der Waals surface area contributed by atoms with Crippen LogP contribution in [-0.2, 0) is 30.5 Å². The second-order valence-electron chi connectivity index (χ2n) is 11.4. The van der Waals surface area contributed by atoms with Crippen LogP contribution in [0.2, 0.25) is 5.02 Å². The molecule has 0 unspecified atom stereocenters. The van der Waals surface area contributed by atoms with Gasteiger partial charge in [-0.25, -0.2) is 13.2 Å². The third kappa shape index (κ3) is 10.3. The van der Waals surface area contributed by atoms with Crippen molar-refractivity contribution in [2.45, 2.75) is 68.6 Å². The first-order chi connectivity index (χ1) is 21.1. The minimum absolute atomic E-state index is 0.00309. The van der Waals surface area contributed by atoms with E-state index in [0.29, 0.717) is 17.0 Å². The quantitative estimate of drug-likeness (QED) is 0.248. The molecule has 3 aromatic rings. The molecule has 0 aliphatic heterocycles. The van der Waals surface area contributed by atoms with Gasteiger partial charge in [-0.15, -0.1) is 0 Å². The Hall–Kier alpha value is -3.93. The Bertz CT molecular complexity index is 1590.